The Morgan fingerprint density at radius 2 is 1.73 bits per heavy atom. The Balaban J connectivity index is 0.00000242. The van der Waals surface area contributed by atoms with E-state index in [1.165, 1.54) is 16.0 Å². The smallest absolute Gasteiger partial charge is 0.191 e. The number of thiazole rings is 1. The quantitative estimate of drug-likeness (QED) is 0.443. The topological polar surface area (TPSA) is 49.3 Å². The number of halogens is 1. The highest BCUT2D eigenvalue weighted by Gasteiger charge is 2.04. The van der Waals surface area contributed by atoms with Crippen LogP contribution in [0.1, 0.15) is 26.7 Å². The zero-order chi connectivity index (χ0) is 15.2. The SMILES string of the molecule is CN=C(NCc1ccc(C)cc1)NCc1nc(C)c(C)s1.I. The minimum absolute atomic E-state index is 0. The molecule has 0 aliphatic carbocycles. The number of aryl methyl sites for hydroxylation is 3. The zero-order valence-corrected chi connectivity index (χ0v) is 16.6. The van der Waals surface area contributed by atoms with Crippen LogP contribution in [0.4, 0.5) is 0 Å². The molecule has 0 bridgehead atoms. The van der Waals surface area contributed by atoms with E-state index in [9.17, 15) is 0 Å². The molecular weight excluding hydrogens is 407 g/mol. The molecule has 22 heavy (non-hydrogen) atoms. The van der Waals surface area contributed by atoms with Crippen molar-refractivity contribution in [3.8, 4) is 0 Å². The van der Waals surface area contributed by atoms with Gasteiger partial charge in [0.05, 0.1) is 12.2 Å². The molecule has 120 valence electrons. The Morgan fingerprint density at radius 1 is 1.09 bits per heavy atom. The van der Waals surface area contributed by atoms with Gasteiger partial charge in [-0.1, -0.05) is 29.8 Å². The molecule has 0 saturated heterocycles. The lowest BCUT2D eigenvalue weighted by Crippen LogP contribution is -2.36. The number of aliphatic imine (C=N–C) groups is 1. The molecule has 1 heterocycles. The molecule has 0 aliphatic rings. The molecule has 2 N–H and O–H groups in total. The molecular formula is C16H23IN4S. The van der Waals surface area contributed by atoms with Crippen molar-refractivity contribution in [2.24, 2.45) is 4.99 Å². The van der Waals surface area contributed by atoms with Gasteiger partial charge in [0, 0.05) is 18.5 Å². The Morgan fingerprint density at radius 3 is 2.27 bits per heavy atom. The van der Waals surface area contributed by atoms with Gasteiger partial charge in [0.1, 0.15) is 5.01 Å². The van der Waals surface area contributed by atoms with E-state index in [1.807, 2.05) is 6.92 Å². The van der Waals surface area contributed by atoms with Gasteiger partial charge in [0.15, 0.2) is 5.96 Å². The van der Waals surface area contributed by atoms with Crippen LogP contribution < -0.4 is 10.6 Å². The number of hydrogen-bond donors (Lipinski definition) is 2. The standard InChI is InChI=1S/C16H22N4S.HI/c1-11-5-7-14(8-6-11)9-18-16(17-4)19-10-15-20-12(2)13(3)21-15;/h5-8H,9-10H2,1-4H3,(H2,17,18,19);1H. The van der Waals surface area contributed by atoms with Crippen LogP contribution in [-0.2, 0) is 13.1 Å². The first kappa shape index (κ1) is 18.9. The number of benzene rings is 1. The van der Waals surface area contributed by atoms with Gasteiger partial charge in [0.2, 0.25) is 0 Å². The van der Waals surface area contributed by atoms with Crippen molar-refractivity contribution in [3.63, 3.8) is 0 Å². The third-order valence-corrected chi connectivity index (χ3v) is 4.36. The minimum atomic E-state index is 0. The maximum atomic E-state index is 4.52. The van der Waals surface area contributed by atoms with Gasteiger partial charge < -0.3 is 10.6 Å². The van der Waals surface area contributed by atoms with Crippen molar-refractivity contribution < 1.29 is 0 Å². The maximum absolute atomic E-state index is 4.52. The van der Waals surface area contributed by atoms with E-state index in [0.29, 0.717) is 6.54 Å². The van der Waals surface area contributed by atoms with Crippen molar-refractivity contribution >= 4 is 41.3 Å². The number of hydrogen-bond acceptors (Lipinski definition) is 3. The molecule has 0 saturated carbocycles. The van der Waals surface area contributed by atoms with Gasteiger partial charge in [0.25, 0.3) is 0 Å². The van der Waals surface area contributed by atoms with Crippen molar-refractivity contribution in [3.05, 3.63) is 51.0 Å². The zero-order valence-electron chi connectivity index (χ0n) is 13.4. The van der Waals surface area contributed by atoms with Crippen LogP contribution in [0.2, 0.25) is 0 Å². The largest absolute Gasteiger partial charge is 0.352 e. The summed E-state index contributed by atoms with van der Waals surface area (Å²) in [5.41, 5.74) is 3.62. The molecule has 1 aromatic carbocycles. The highest BCUT2D eigenvalue weighted by atomic mass is 127. The van der Waals surface area contributed by atoms with Crippen molar-refractivity contribution in [2.75, 3.05) is 7.05 Å². The van der Waals surface area contributed by atoms with Crippen LogP contribution in [0, 0.1) is 20.8 Å². The fourth-order valence-electron chi connectivity index (χ4n) is 1.89. The molecule has 2 rings (SSSR count). The van der Waals surface area contributed by atoms with Gasteiger partial charge in [-0.3, -0.25) is 4.99 Å². The van der Waals surface area contributed by atoms with Gasteiger partial charge in [-0.05, 0) is 26.3 Å². The fourth-order valence-corrected chi connectivity index (χ4v) is 2.76. The van der Waals surface area contributed by atoms with E-state index in [-0.39, 0.29) is 24.0 Å². The molecule has 4 nitrogen and oxygen atoms in total. The summed E-state index contributed by atoms with van der Waals surface area (Å²) in [5, 5.41) is 7.69. The second kappa shape index (κ2) is 9.09. The van der Waals surface area contributed by atoms with Crippen molar-refractivity contribution in [1.82, 2.24) is 15.6 Å². The molecule has 2 aromatic rings. The molecule has 0 fully saturated rings. The van der Waals surface area contributed by atoms with E-state index in [0.717, 1.165) is 23.2 Å². The molecule has 0 atom stereocenters. The number of rotatable bonds is 4. The lowest BCUT2D eigenvalue weighted by Gasteiger charge is -2.11. The Kier molecular flexibility index (Phi) is 7.81. The van der Waals surface area contributed by atoms with Crippen molar-refractivity contribution in [1.29, 1.82) is 0 Å². The van der Waals surface area contributed by atoms with Crippen LogP contribution in [0.3, 0.4) is 0 Å². The summed E-state index contributed by atoms with van der Waals surface area (Å²) in [5.74, 6) is 0.793. The third kappa shape index (κ3) is 5.57. The van der Waals surface area contributed by atoms with Gasteiger partial charge in [-0.25, -0.2) is 4.98 Å². The van der Waals surface area contributed by atoms with E-state index in [2.05, 4.69) is 58.7 Å². The average molecular weight is 430 g/mol. The van der Waals surface area contributed by atoms with Gasteiger partial charge >= 0.3 is 0 Å². The first-order chi connectivity index (χ1) is 10.1. The molecule has 1 aromatic heterocycles. The number of guanidine groups is 1. The number of nitrogens with one attached hydrogen (secondary N) is 2. The van der Waals surface area contributed by atoms with E-state index >= 15 is 0 Å². The summed E-state index contributed by atoms with van der Waals surface area (Å²) in [6, 6.07) is 8.50. The number of nitrogens with zero attached hydrogens (tertiary/aromatic N) is 2. The van der Waals surface area contributed by atoms with E-state index < -0.39 is 0 Å². The molecule has 0 aliphatic heterocycles. The van der Waals surface area contributed by atoms with Crippen LogP contribution >= 0.6 is 35.3 Å². The summed E-state index contributed by atoms with van der Waals surface area (Å²) < 4.78 is 0. The highest BCUT2D eigenvalue weighted by molar-refractivity contribution is 14.0. The second-order valence-electron chi connectivity index (χ2n) is 5.01. The molecule has 6 heteroatoms. The van der Waals surface area contributed by atoms with Crippen LogP contribution in [-0.4, -0.2) is 18.0 Å². The summed E-state index contributed by atoms with van der Waals surface area (Å²) in [7, 11) is 1.78. The lowest BCUT2D eigenvalue weighted by atomic mass is 10.1. The van der Waals surface area contributed by atoms with E-state index in [4.69, 9.17) is 0 Å². The normalized spacial score (nSPS) is 11.0. The first-order valence-electron chi connectivity index (χ1n) is 7.01. The molecule has 0 spiro atoms. The predicted octanol–water partition coefficient (Wildman–Crippen LogP) is 3.55. The second-order valence-corrected chi connectivity index (χ2v) is 6.30. The fraction of sp³-hybridized carbons (Fsp3) is 0.375. The Bertz CT molecular complexity index is 600. The summed E-state index contributed by atoms with van der Waals surface area (Å²) in [6.07, 6.45) is 0. The Labute approximate surface area is 153 Å². The van der Waals surface area contributed by atoms with Crippen molar-refractivity contribution in [2.45, 2.75) is 33.9 Å². The predicted molar refractivity (Wildman–Crippen MR) is 105 cm³/mol. The maximum Gasteiger partial charge on any atom is 0.191 e. The Hall–Kier alpha value is -1.15. The number of aromatic nitrogens is 1. The third-order valence-electron chi connectivity index (χ3n) is 3.28. The van der Waals surface area contributed by atoms with Gasteiger partial charge in [-0.15, -0.1) is 35.3 Å². The molecule has 0 amide bonds. The van der Waals surface area contributed by atoms with Crippen LogP contribution in [0.15, 0.2) is 29.3 Å². The lowest BCUT2D eigenvalue weighted by molar-refractivity contribution is 0.803. The van der Waals surface area contributed by atoms with Crippen LogP contribution in [0.25, 0.3) is 0 Å². The summed E-state index contributed by atoms with van der Waals surface area (Å²) in [6.45, 7) is 7.69. The molecule has 0 unspecified atom stereocenters. The van der Waals surface area contributed by atoms with Crippen LogP contribution in [0.5, 0.6) is 0 Å². The summed E-state index contributed by atoms with van der Waals surface area (Å²) in [4.78, 5) is 10.0. The minimum Gasteiger partial charge on any atom is -0.352 e. The monoisotopic (exact) mass is 430 g/mol. The summed E-state index contributed by atoms with van der Waals surface area (Å²) >= 11 is 1.73. The van der Waals surface area contributed by atoms with Gasteiger partial charge in [-0.2, -0.15) is 0 Å². The first-order valence-corrected chi connectivity index (χ1v) is 7.83. The van der Waals surface area contributed by atoms with E-state index in [1.54, 1.807) is 18.4 Å². The molecule has 0 radical (unpaired) electrons. The highest BCUT2D eigenvalue weighted by Crippen LogP contribution is 2.15. The average Bonchev–Trinajstić information content (AvgIpc) is 2.80.